The Bertz CT molecular complexity index is 885. The molecule has 2 aliphatic carbocycles. The number of rotatable bonds is 9. The van der Waals surface area contributed by atoms with E-state index in [0.29, 0.717) is 12.1 Å². The maximum Gasteiger partial charge on any atom is 0.420 e. The number of nitrogens with zero attached hydrogens (tertiary/aromatic N) is 1. The van der Waals surface area contributed by atoms with Crippen molar-refractivity contribution in [2.45, 2.75) is 127 Å². The van der Waals surface area contributed by atoms with Gasteiger partial charge in [-0.05, 0) is 60.9 Å². The van der Waals surface area contributed by atoms with E-state index in [4.69, 9.17) is 9.16 Å². The Morgan fingerprint density at radius 3 is 2.22 bits per heavy atom. The fourth-order valence-electron chi connectivity index (χ4n) is 7.37. The van der Waals surface area contributed by atoms with Crippen LogP contribution in [0.15, 0.2) is 18.2 Å². The minimum atomic E-state index is -3.61. The van der Waals surface area contributed by atoms with Gasteiger partial charge in [-0.2, -0.15) is 8.78 Å². The van der Waals surface area contributed by atoms with Gasteiger partial charge in [-0.25, -0.2) is 4.39 Å². The highest BCUT2D eigenvalue weighted by molar-refractivity contribution is 6.77. The summed E-state index contributed by atoms with van der Waals surface area (Å²) in [6, 6.07) is 5.20. The normalized spacial score (nSPS) is 24.4. The van der Waals surface area contributed by atoms with Gasteiger partial charge in [0, 0.05) is 35.9 Å². The molecule has 1 saturated heterocycles. The van der Waals surface area contributed by atoms with E-state index in [9.17, 15) is 8.78 Å². The predicted octanol–water partition coefficient (Wildman–Crippen LogP) is 7.63. The first-order valence-electron chi connectivity index (χ1n) is 13.9. The second kappa shape index (κ2) is 10.5. The van der Waals surface area contributed by atoms with Crippen molar-refractivity contribution in [3.63, 3.8) is 0 Å². The third-order valence-corrected chi connectivity index (χ3v) is 15.2. The Balaban J connectivity index is 1.48. The zero-order chi connectivity index (χ0) is 26.3. The molecule has 3 fully saturated rings. The molecule has 0 amide bonds. The van der Waals surface area contributed by atoms with Gasteiger partial charge in [0.2, 0.25) is 8.32 Å². The summed E-state index contributed by atoms with van der Waals surface area (Å²) in [5, 5.41) is 3.90. The van der Waals surface area contributed by atoms with Crippen LogP contribution in [0.3, 0.4) is 0 Å². The monoisotopic (exact) mass is 526 g/mol. The molecular weight excluding hydrogens is 481 g/mol. The van der Waals surface area contributed by atoms with E-state index in [2.05, 4.69) is 10.2 Å². The largest absolute Gasteiger partial charge is 0.428 e. The SMILES string of the molecule is CC(C)[Si](OCC(F)(F)Oc1ccc(N2CC3(CCC3)N[C@H]3CCCC[C@@H]32)cc1F)(C(C)C)C(C)C. The number of benzene rings is 1. The highest BCUT2D eigenvalue weighted by atomic mass is 28.4. The highest BCUT2D eigenvalue weighted by Crippen LogP contribution is 2.44. The number of halogens is 3. The maximum absolute atomic E-state index is 15.2. The first kappa shape index (κ1) is 27.8. The zero-order valence-electron chi connectivity index (χ0n) is 22.9. The number of nitrogens with one attached hydrogen (secondary N) is 1. The molecule has 1 aromatic carbocycles. The number of hydrogen-bond donors (Lipinski definition) is 1. The van der Waals surface area contributed by atoms with E-state index in [1.165, 1.54) is 25.0 Å². The van der Waals surface area contributed by atoms with Crippen LogP contribution in [0.4, 0.5) is 18.9 Å². The van der Waals surface area contributed by atoms with Gasteiger partial charge in [0.1, 0.15) is 6.61 Å². The van der Waals surface area contributed by atoms with E-state index in [1.807, 2.05) is 41.5 Å². The topological polar surface area (TPSA) is 33.7 Å². The number of ether oxygens (including phenoxy) is 1. The second-order valence-corrected chi connectivity index (χ2v) is 17.8. The first-order chi connectivity index (χ1) is 16.9. The summed E-state index contributed by atoms with van der Waals surface area (Å²) in [7, 11) is -2.49. The van der Waals surface area contributed by atoms with Crippen LogP contribution in [0.2, 0.25) is 16.6 Å². The molecule has 1 aliphatic heterocycles. The molecule has 2 atom stereocenters. The molecule has 0 aromatic heterocycles. The van der Waals surface area contributed by atoms with Crippen LogP contribution in [0.25, 0.3) is 0 Å². The van der Waals surface area contributed by atoms with Crippen LogP contribution in [-0.4, -0.2) is 45.2 Å². The average molecular weight is 527 g/mol. The molecule has 36 heavy (non-hydrogen) atoms. The van der Waals surface area contributed by atoms with Gasteiger partial charge >= 0.3 is 6.11 Å². The third kappa shape index (κ3) is 5.32. The van der Waals surface area contributed by atoms with Crippen molar-refractivity contribution < 1.29 is 22.3 Å². The number of fused-ring (bicyclic) bond motifs is 1. The first-order valence-corrected chi connectivity index (χ1v) is 16.1. The summed E-state index contributed by atoms with van der Waals surface area (Å²) in [6.07, 6.45) is 4.45. The summed E-state index contributed by atoms with van der Waals surface area (Å²) in [6.45, 7) is 12.3. The van der Waals surface area contributed by atoms with Crippen molar-refractivity contribution in [3.8, 4) is 5.75 Å². The van der Waals surface area contributed by atoms with E-state index in [-0.39, 0.29) is 22.2 Å². The van der Waals surface area contributed by atoms with Gasteiger partial charge in [-0.3, -0.25) is 0 Å². The van der Waals surface area contributed by atoms with E-state index >= 15 is 4.39 Å². The summed E-state index contributed by atoms with van der Waals surface area (Å²) in [4.78, 5) is 2.32. The van der Waals surface area contributed by atoms with Crippen molar-refractivity contribution in [1.29, 1.82) is 0 Å². The van der Waals surface area contributed by atoms with Crippen LogP contribution < -0.4 is 15.0 Å². The Kier molecular flexibility index (Phi) is 8.09. The molecule has 1 spiro atoms. The lowest BCUT2D eigenvalue weighted by molar-refractivity contribution is -0.199. The van der Waals surface area contributed by atoms with Gasteiger partial charge in [0.15, 0.2) is 11.6 Å². The molecule has 2 saturated carbocycles. The molecule has 1 heterocycles. The molecule has 1 aromatic rings. The van der Waals surface area contributed by atoms with Crippen molar-refractivity contribution in [1.82, 2.24) is 5.32 Å². The molecule has 1 N–H and O–H groups in total. The minimum absolute atomic E-state index is 0.105. The fourth-order valence-corrected chi connectivity index (χ4v) is 12.8. The molecule has 4 rings (SSSR count). The van der Waals surface area contributed by atoms with Crippen molar-refractivity contribution in [2.75, 3.05) is 18.1 Å². The smallest absolute Gasteiger partial charge is 0.420 e. The van der Waals surface area contributed by atoms with Gasteiger partial charge in [-0.15, -0.1) is 0 Å². The Morgan fingerprint density at radius 2 is 1.67 bits per heavy atom. The molecular formula is C28H45F3N2O2Si. The molecule has 3 aliphatic rings. The van der Waals surface area contributed by atoms with Crippen LogP contribution in [-0.2, 0) is 4.43 Å². The molecule has 204 valence electrons. The third-order valence-electron chi connectivity index (χ3n) is 9.11. The quantitative estimate of drug-likeness (QED) is 0.335. The maximum atomic E-state index is 15.2. The van der Waals surface area contributed by atoms with E-state index in [0.717, 1.165) is 44.3 Å². The summed E-state index contributed by atoms with van der Waals surface area (Å²) < 4.78 is 56.0. The van der Waals surface area contributed by atoms with Gasteiger partial charge in [0.05, 0.1) is 0 Å². The van der Waals surface area contributed by atoms with Crippen LogP contribution in [0.5, 0.6) is 5.75 Å². The lowest BCUT2D eigenvalue weighted by Crippen LogP contribution is -2.72. The zero-order valence-corrected chi connectivity index (χ0v) is 23.9. The Hall–Kier alpha value is -1.25. The Morgan fingerprint density at radius 1 is 1.03 bits per heavy atom. The van der Waals surface area contributed by atoms with Gasteiger partial charge < -0.3 is 19.4 Å². The summed E-state index contributed by atoms with van der Waals surface area (Å²) in [5.74, 6) is -1.17. The molecule has 0 bridgehead atoms. The molecule has 4 nitrogen and oxygen atoms in total. The van der Waals surface area contributed by atoms with Crippen molar-refractivity contribution in [2.24, 2.45) is 0 Å². The van der Waals surface area contributed by atoms with Gasteiger partial charge in [-0.1, -0.05) is 54.4 Å². The molecule has 8 heteroatoms. The number of piperazine rings is 1. The fraction of sp³-hybridized carbons (Fsp3) is 0.786. The van der Waals surface area contributed by atoms with Crippen LogP contribution in [0, 0.1) is 5.82 Å². The second-order valence-electron chi connectivity index (χ2n) is 12.3. The van der Waals surface area contributed by atoms with Crippen molar-refractivity contribution in [3.05, 3.63) is 24.0 Å². The van der Waals surface area contributed by atoms with Crippen LogP contribution in [0.1, 0.15) is 86.5 Å². The molecule has 0 unspecified atom stereocenters. The standard InChI is InChI=1S/C28H45F3N2O2Si/c1-19(2)36(20(3)4,21(5)6)34-18-28(30,31)35-26-13-12-22(16-23(26)29)33-17-27(14-9-15-27)32-24-10-7-8-11-25(24)33/h12-13,16,19-21,24-25,32H,7-11,14-15,17-18H2,1-6H3/t24-,25-/m0/s1. The summed E-state index contributed by atoms with van der Waals surface area (Å²) >= 11 is 0. The number of anilines is 1. The molecule has 0 radical (unpaired) electrons. The van der Waals surface area contributed by atoms with E-state index < -0.39 is 32.6 Å². The minimum Gasteiger partial charge on any atom is -0.428 e. The predicted molar refractivity (Wildman–Crippen MR) is 142 cm³/mol. The van der Waals surface area contributed by atoms with Crippen molar-refractivity contribution >= 4 is 14.0 Å². The average Bonchev–Trinajstić information content (AvgIpc) is 2.78. The Labute approximate surface area is 216 Å². The lowest BCUT2D eigenvalue weighted by atomic mass is 9.71. The van der Waals surface area contributed by atoms with E-state index in [1.54, 1.807) is 6.07 Å². The number of alkyl halides is 2. The highest BCUT2D eigenvalue weighted by Gasteiger charge is 2.49. The number of hydrogen-bond acceptors (Lipinski definition) is 4. The lowest BCUT2D eigenvalue weighted by Gasteiger charge is -2.58. The van der Waals surface area contributed by atoms with Crippen LogP contribution >= 0.6 is 0 Å². The van der Waals surface area contributed by atoms with Gasteiger partial charge in [0.25, 0.3) is 0 Å². The summed E-state index contributed by atoms with van der Waals surface area (Å²) in [5.41, 5.74) is 1.38.